The van der Waals surface area contributed by atoms with Gasteiger partial charge >= 0.3 is 0 Å². The van der Waals surface area contributed by atoms with Gasteiger partial charge in [0.2, 0.25) is 5.91 Å². The molecule has 1 N–H and O–H groups in total. The van der Waals surface area contributed by atoms with Crippen LogP contribution in [0.15, 0.2) is 24.3 Å². The second-order valence-corrected chi connectivity index (χ2v) is 7.19. The maximum absolute atomic E-state index is 12.2. The van der Waals surface area contributed by atoms with Crippen molar-refractivity contribution in [3.05, 3.63) is 35.4 Å². The van der Waals surface area contributed by atoms with Gasteiger partial charge < -0.3 is 10.1 Å². The summed E-state index contributed by atoms with van der Waals surface area (Å²) in [6.07, 6.45) is 4.66. The lowest BCUT2D eigenvalue weighted by Gasteiger charge is -2.32. The highest BCUT2D eigenvalue weighted by atomic mass is 16.5. The molecule has 3 rings (SSSR count). The molecule has 2 aliphatic rings. The van der Waals surface area contributed by atoms with E-state index in [0.29, 0.717) is 18.4 Å². The molecule has 2 aliphatic heterocycles. The molecule has 2 saturated heterocycles. The number of amides is 1. The summed E-state index contributed by atoms with van der Waals surface area (Å²) in [7, 11) is 0. The van der Waals surface area contributed by atoms with E-state index in [2.05, 4.69) is 22.4 Å². The fraction of sp³-hybridized carbons (Fsp3) is 0.600. The molecule has 1 aromatic carbocycles. The Morgan fingerprint density at radius 2 is 2.00 bits per heavy atom. The van der Waals surface area contributed by atoms with Crippen LogP contribution in [-0.4, -0.2) is 43.2 Å². The third-order valence-electron chi connectivity index (χ3n) is 5.23. The van der Waals surface area contributed by atoms with Gasteiger partial charge in [0.25, 0.3) is 0 Å². The van der Waals surface area contributed by atoms with Gasteiger partial charge in [0.05, 0.1) is 11.6 Å². The van der Waals surface area contributed by atoms with Crippen LogP contribution in [0, 0.1) is 17.2 Å². The molecular weight excluding hydrogens is 314 g/mol. The topological polar surface area (TPSA) is 65.4 Å². The Balaban J connectivity index is 1.39. The summed E-state index contributed by atoms with van der Waals surface area (Å²) in [5, 5.41) is 12.2. The molecule has 0 saturated carbocycles. The Morgan fingerprint density at radius 1 is 1.24 bits per heavy atom. The number of hydrogen-bond donors (Lipinski definition) is 1. The lowest BCUT2D eigenvalue weighted by Crippen LogP contribution is -2.41. The Kier molecular flexibility index (Phi) is 6.43. The SMILES string of the molecule is N#Cc1cccc(CN2CCC(CC(=O)NC3CCOCC3)CC2)c1. The van der Waals surface area contributed by atoms with E-state index in [1.54, 1.807) is 0 Å². The van der Waals surface area contributed by atoms with Crippen LogP contribution in [0.5, 0.6) is 0 Å². The van der Waals surface area contributed by atoms with E-state index < -0.39 is 0 Å². The molecule has 5 heteroatoms. The highest BCUT2D eigenvalue weighted by Gasteiger charge is 2.23. The molecule has 1 aromatic rings. The van der Waals surface area contributed by atoms with Gasteiger partial charge in [-0.2, -0.15) is 5.26 Å². The fourth-order valence-electron chi connectivity index (χ4n) is 3.74. The van der Waals surface area contributed by atoms with Gasteiger partial charge in [-0.05, 0) is 62.4 Å². The number of rotatable bonds is 5. The van der Waals surface area contributed by atoms with Crippen molar-refractivity contribution in [2.45, 2.75) is 44.7 Å². The Bertz CT molecular complexity index is 612. The Hall–Kier alpha value is -1.90. The van der Waals surface area contributed by atoms with Gasteiger partial charge in [-0.1, -0.05) is 12.1 Å². The van der Waals surface area contributed by atoms with E-state index in [1.165, 1.54) is 5.56 Å². The van der Waals surface area contributed by atoms with Gasteiger partial charge in [0, 0.05) is 32.2 Å². The first-order chi connectivity index (χ1) is 12.2. The van der Waals surface area contributed by atoms with Crippen molar-refractivity contribution in [2.24, 2.45) is 5.92 Å². The van der Waals surface area contributed by atoms with Crippen molar-refractivity contribution in [3.8, 4) is 6.07 Å². The second kappa shape index (κ2) is 8.98. The standard InChI is InChI=1S/C20H27N3O2/c21-14-17-2-1-3-18(12-17)15-23-8-4-16(5-9-23)13-20(24)22-19-6-10-25-11-7-19/h1-3,12,16,19H,4-11,13,15H2,(H,22,24). The zero-order valence-corrected chi connectivity index (χ0v) is 14.7. The van der Waals surface area contributed by atoms with E-state index in [4.69, 9.17) is 10.00 Å². The lowest BCUT2D eigenvalue weighted by molar-refractivity contribution is -0.123. The molecule has 0 bridgehead atoms. The maximum Gasteiger partial charge on any atom is 0.220 e. The van der Waals surface area contributed by atoms with Crippen molar-refractivity contribution in [1.29, 1.82) is 5.26 Å². The lowest BCUT2D eigenvalue weighted by atomic mass is 9.92. The zero-order chi connectivity index (χ0) is 17.5. The van der Waals surface area contributed by atoms with Gasteiger partial charge in [0.15, 0.2) is 0 Å². The molecule has 2 heterocycles. The first-order valence-corrected chi connectivity index (χ1v) is 9.31. The van der Waals surface area contributed by atoms with E-state index in [1.807, 2.05) is 18.2 Å². The monoisotopic (exact) mass is 341 g/mol. The quantitative estimate of drug-likeness (QED) is 0.893. The predicted octanol–water partition coefficient (Wildman–Crippen LogP) is 2.46. The number of likely N-dealkylation sites (tertiary alicyclic amines) is 1. The summed E-state index contributed by atoms with van der Waals surface area (Å²) in [4.78, 5) is 14.6. The van der Waals surface area contributed by atoms with Gasteiger partial charge in [-0.15, -0.1) is 0 Å². The molecule has 1 amide bonds. The summed E-state index contributed by atoms with van der Waals surface area (Å²) in [6.45, 7) is 4.45. The largest absolute Gasteiger partial charge is 0.381 e. The van der Waals surface area contributed by atoms with Crippen LogP contribution < -0.4 is 5.32 Å². The van der Waals surface area contributed by atoms with Gasteiger partial charge in [0.1, 0.15) is 0 Å². The minimum absolute atomic E-state index is 0.201. The maximum atomic E-state index is 12.2. The number of nitriles is 1. The van der Waals surface area contributed by atoms with E-state index in [-0.39, 0.29) is 5.91 Å². The first-order valence-electron chi connectivity index (χ1n) is 9.31. The molecule has 134 valence electrons. The molecule has 2 fully saturated rings. The molecule has 5 nitrogen and oxygen atoms in total. The van der Waals surface area contributed by atoms with Crippen LogP contribution in [-0.2, 0) is 16.1 Å². The molecule has 0 aromatic heterocycles. The number of piperidine rings is 1. The van der Waals surface area contributed by atoms with Crippen LogP contribution in [0.25, 0.3) is 0 Å². The van der Waals surface area contributed by atoms with Crippen LogP contribution in [0.3, 0.4) is 0 Å². The average Bonchev–Trinajstić information content (AvgIpc) is 2.64. The summed E-state index contributed by atoms with van der Waals surface area (Å²) in [5.41, 5.74) is 1.91. The third-order valence-corrected chi connectivity index (χ3v) is 5.23. The van der Waals surface area contributed by atoms with E-state index in [0.717, 1.165) is 64.1 Å². The summed E-state index contributed by atoms with van der Waals surface area (Å²) >= 11 is 0. The van der Waals surface area contributed by atoms with Crippen LogP contribution in [0.4, 0.5) is 0 Å². The van der Waals surface area contributed by atoms with E-state index >= 15 is 0 Å². The molecule has 0 aliphatic carbocycles. The molecule has 0 atom stereocenters. The highest BCUT2D eigenvalue weighted by molar-refractivity contribution is 5.76. The van der Waals surface area contributed by atoms with Crippen molar-refractivity contribution < 1.29 is 9.53 Å². The summed E-state index contributed by atoms with van der Waals surface area (Å²) in [6, 6.07) is 10.3. The number of nitrogens with one attached hydrogen (secondary N) is 1. The average molecular weight is 341 g/mol. The van der Waals surface area contributed by atoms with Crippen LogP contribution in [0.2, 0.25) is 0 Å². The Morgan fingerprint density at radius 3 is 2.72 bits per heavy atom. The normalized spacial score (nSPS) is 20.1. The van der Waals surface area contributed by atoms with Crippen LogP contribution in [0.1, 0.15) is 43.2 Å². The summed E-state index contributed by atoms with van der Waals surface area (Å²) < 4.78 is 5.33. The first kappa shape index (κ1) is 17.9. The molecule has 0 unspecified atom stereocenters. The smallest absolute Gasteiger partial charge is 0.220 e. The zero-order valence-electron chi connectivity index (χ0n) is 14.7. The minimum atomic E-state index is 0.201. The molecule has 0 spiro atoms. The number of carbonyl (C=O) groups is 1. The predicted molar refractivity (Wildman–Crippen MR) is 95.8 cm³/mol. The highest BCUT2D eigenvalue weighted by Crippen LogP contribution is 2.22. The molecular formula is C20H27N3O2. The number of nitrogens with zero attached hydrogens (tertiary/aromatic N) is 2. The number of benzene rings is 1. The second-order valence-electron chi connectivity index (χ2n) is 7.19. The summed E-state index contributed by atoms with van der Waals surface area (Å²) in [5.74, 6) is 0.689. The van der Waals surface area contributed by atoms with Crippen LogP contribution >= 0.6 is 0 Å². The number of hydrogen-bond acceptors (Lipinski definition) is 4. The fourth-order valence-corrected chi connectivity index (χ4v) is 3.74. The third kappa shape index (κ3) is 5.55. The van der Waals surface area contributed by atoms with Crippen molar-refractivity contribution in [1.82, 2.24) is 10.2 Å². The number of carbonyl (C=O) groups excluding carboxylic acids is 1. The molecule has 0 radical (unpaired) electrons. The van der Waals surface area contributed by atoms with Crippen molar-refractivity contribution in [2.75, 3.05) is 26.3 Å². The van der Waals surface area contributed by atoms with Gasteiger partial charge in [-0.25, -0.2) is 0 Å². The minimum Gasteiger partial charge on any atom is -0.381 e. The Labute approximate surface area is 150 Å². The molecule has 25 heavy (non-hydrogen) atoms. The van der Waals surface area contributed by atoms with Crippen molar-refractivity contribution in [3.63, 3.8) is 0 Å². The number of ether oxygens (including phenoxy) is 1. The van der Waals surface area contributed by atoms with Crippen molar-refractivity contribution >= 4 is 5.91 Å². The van der Waals surface area contributed by atoms with E-state index in [9.17, 15) is 4.79 Å². The van der Waals surface area contributed by atoms with Gasteiger partial charge in [-0.3, -0.25) is 9.69 Å².